The first kappa shape index (κ1) is 15.8. The Balaban J connectivity index is 1.62. The molecule has 2 aliphatic heterocycles. The highest BCUT2D eigenvalue weighted by atomic mass is 15.2. The highest BCUT2D eigenvalue weighted by Gasteiger charge is 2.42. The molecule has 122 valence electrons. The largest absolute Gasteiger partial charge is 0.314 e. The van der Waals surface area contributed by atoms with Gasteiger partial charge < -0.3 is 10.2 Å². The van der Waals surface area contributed by atoms with Crippen LogP contribution in [0, 0.1) is 17.8 Å². The standard InChI is InChI=1S/C19H36N2/c1-4-14-6-8-15(9-7-14)19(20-5-2)16-12-17-10-11-18(13-16)21(17)3/h14-20H,4-13H2,1-3H3. The average molecular weight is 293 g/mol. The Hall–Kier alpha value is -0.0800. The maximum Gasteiger partial charge on any atom is 0.0125 e. The van der Waals surface area contributed by atoms with E-state index >= 15 is 0 Å². The first-order chi connectivity index (χ1) is 10.2. The van der Waals surface area contributed by atoms with Gasteiger partial charge in [-0.15, -0.1) is 0 Å². The zero-order valence-corrected chi connectivity index (χ0v) is 14.5. The fourth-order valence-electron chi connectivity index (χ4n) is 5.66. The van der Waals surface area contributed by atoms with Crippen LogP contribution in [0.5, 0.6) is 0 Å². The monoisotopic (exact) mass is 292 g/mol. The molecule has 3 atom stereocenters. The van der Waals surface area contributed by atoms with E-state index in [1.54, 1.807) is 0 Å². The van der Waals surface area contributed by atoms with Crippen molar-refractivity contribution in [2.24, 2.45) is 17.8 Å². The van der Waals surface area contributed by atoms with Crippen LogP contribution in [0.15, 0.2) is 0 Å². The van der Waals surface area contributed by atoms with Gasteiger partial charge in [0.2, 0.25) is 0 Å². The summed E-state index contributed by atoms with van der Waals surface area (Å²) < 4.78 is 0. The minimum atomic E-state index is 0.810. The lowest BCUT2D eigenvalue weighted by atomic mass is 9.71. The second kappa shape index (κ2) is 7.00. The molecular weight excluding hydrogens is 256 g/mol. The van der Waals surface area contributed by atoms with E-state index in [0.29, 0.717) is 0 Å². The van der Waals surface area contributed by atoms with Crippen molar-refractivity contribution in [3.8, 4) is 0 Å². The van der Waals surface area contributed by atoms with Gasteiger partial charge in [-0.1, -0.05) is 33.1 Å². The second-order valence-corrected chi connectivity index (χ2v) is 8.05. The summed E-state index contributed by atoms with van der Waals surface area (Å²) in [6, 6.07) is 2.59. The molecule has 2 heteroatoms. The SMILES string of the molecule is CCNC(C1CCC(CC)CC1)C1CC2CCC(C1)N2C. The minimum Gasteiger partial charge on any atom is -0.314 e. The summed E-state index contributed by atoms with van der Waals surface area (Å²) in [7, 11) is 2.37. The predicted octanol–water partition coefficient (Wildman–Crippen LogP) is 4.05. The second-order valence-electron chi connectivity index (χ2n) is 8.05. The Bertz CT molecular complexity index is 308. The first-order valence-electron chi connectivity index (χ1n) is 9.68. The van der Waals surface area contributed by atoms with E-state index < -0.39 is 0 Å². The Labute approximate surface area is 132 Å². The lowest BCUT2D eigenvalue weighted by molar-refractivity contribution is 0.0820. The molecule has 3 rings (SSSR count). The van der Waals surface area contributed by atoms with Crippen molar-refractivity contribution in [2.75, 3.05) is 13.6 Å². The van der Waals surface area contributed by atoms with Crippen LogP contribution in [0.4, 0.5) is 0 Å². The lowest BCUT2D eigenvalue weighted by Gasteiger charge is -2.44. The number of hydrogen-bond acceptors (Lipinski definition) is 2. The Morgan fingerprint density at radius 1 is 0.905 bits per heavy atom. The van der Waals surface area contributed by atoms with Crippen LogP contribution in [-0.4, -0.2) is 36.6 Å². The zero-order valence-electron chi connectivity index (χ0n) is 14.5. The third-order valence-corrected chi connectivity index (χ3v) is 7.06. The summed E-state index contributed by atoms with van der Waals surface area (Å²) in [4.78, 5) is 2.69. The van der Waals surface area contributed by atoms with Crippen LogP contribution in [0.1, 0.15) is 71.6 Å². The quantitative estimate of drug-likeness (QED) is 0.822. The van der Waals surface area contributed by atoms with E-state index in [0.717, 1.165) is 42.4 Å². The van der Waals surface area contributed by atoms with Crippen molar-refractivity contribution in [2.45, 2.75) is 89.8 Å². The molecule has 0 aromatic rings. The van der Waals surface area contributed by atoms with Crippen molar-refractivity contribution >= 4 is 0 Å². The Morgan fingerprint density at radius 3 is 2.05 bits per heavy atom. The highest BCUT2D eigenvalue weighted by molar-refractivity contribution is 4.98. The molecule has 0 aromatic heterocycles. The number of nitrogens with zero attached hydrogens (tertiary/aromatic N) is 1. The molecule has 1 aliphatic carbocycles. The molecular formula is C19H36N2. The lowest BCUT2D eigenvalue weighted by Crippen LogP contribution is -2.50. The third kappa shape index (κ3) is 3.32. The molecule has 21 heavy (non-hydrogen) atoms. The molecule has 3 aliphatic rings. The molecule has 2 bridgehead atoms. The molecule has 1 N–H and O–H groups in total. The van der Waals surface area contributed by atoms with Crippen LogP contribution >= 0.6 is 0 Å². The molecule has 1 saturated carbocycles. The van der Waals surface area contributed by atoms with Gasteiger partial charge in [0.15, 0.2) is 0 Å². The summed E-state index contributed by atoms with van der Waals surface area (Å²) in [5.41, 5.74) is 0. The van der Waals surface area contributed by atoms with Crippen molar-refractivity contribution in [3.63, 3.8) is 0 Å². The molecule has 3 fully saturated rings. The number of piperidine rings is 1. The van der Waals surface area contributed by atoms with Gasteiger partial charge in [0.05, 0.1) is 0 Å². The van der Waals surface area contributed by atoms with Crippen molar-refractivity contribution in [3.05, 3.63) is 0 Å². The summed E-state index contributed by atoms with van der Waals surface area (Å²) in [5, 5.41) is 3.92. The van der Waals surface area contributed by atoms with Gasteiger partial charge in [-0.05, 0) is 69.9 Å². The van der Waals surface area contributed by atoms with Gasteiger partial charge in [-0.3, -0.25) is 0 Å². The van der Waals surface area contributed by atoms with E-state index in [1.807, 2.05) is 0 Å². The fraction of sp³-hybridized carbons (Fsp3) is 1.00. The Kier molecular flexibility index (Phi) is 5.27. The molecule has 0 radical (unpaired) electrons. The molecule has 0 amide bonds. The predicted molar refractivity (Wildman–Crippen MR) is 90.5 cm³/mol. The van der Waals surface area contributed by atoms with Gasteiger partial charge in [-0.2, -0.15) is 0 Å². The smallest absolute Gasteiger partial charge is 0.0125 e. The molecule has 2 heterocycles. The number of fused-ring (bicyclic) bond motifs is 2. The summed E-state index contributed by atoms with van der Waals surface area (Å²) in [6.07, 6.45) is 13.2. The van der Waals surface area contributed by atoms with Crippen LogP contribution < -0.4 is 5.32 Å². The third-order valence-electron chi connectivity index (χ3n) is 7.06. The average Bonchev–Trinajstić information content (AvgIpc) is 2.74. The van der Waals surface area contributed by atoms with Crippen LogP contribution in [0.3, 0.4) is 0 Å². The minimum absolute atomic E-state index is 0.810. The van der Waals surface area contributed by atoms with Crippen molar-refractivity contribution in [1.82, 2.24) is 10.2 Å². The number of hydrogen-bond donors (Lipinski definition) is 1. The van der Waals surface area contributed by atoms with E-state index in [1.165, 1.54) is 57.8 Å². The van der Waals surface area contributed by atoms with Gasteiger partial charge in [0, 0.05) is 18.1 Å². The summed E-state index contributed by atoms with van der Waals surface area (Å²) >= 11 is 0. The molecule has 0 aromatic carbocycles. The van der Waals surface area contributed by atoms with E-state index in [-0.39, 0.29) is 0 Å². The van der Waals surface area contributed by atoms with Gasteiger partial charge in [0.25, 0.3) is 0 Å². The zero-order chi connectivity index (χ0) is 14.8. The molecule has 3 unspecified atom stereocenters. The van der Waals surface area contributed by atoms with Gasteiger partial charge >= 0.3 is 0 Å². The summed E-state index contributed by atoms with van der Waals surface area (Å²) in [5.74, 6) is 2.93. The van der Waals surface area contributed by atoms with Crippen LogP contribution in [-0.2, 0) is 0 Å². The first-order valence-corrected chi connectivity index (χ1v) is 9.68. The van der Waals surface area contributed by atoms with Crippen LogP contribution in [0.2, 0.25) is 0 Å². The van der Waals surface area contributed by atoms with Crippen LogP contribution in [0.25, 0.3) is 0 Å². The number of rotatable bonds is 5. The molecule has 2 saturated heterocycles. The fourth-order valence-corrected chi connectivity index (χ4v) is 5.66. The number of nitrogens with one attached hydrogen (secondary N) is 1. The highest BCUT2D eigenvalue weighted by Crippen LogP contribution is 2.42. The van der Waals surface area contributed by atoms with Crippen molar-refractivity contribution in [1.29, 1.82) is 0 Å². The van der Waals surface area contributed by atoms with Gasteiger partial charge in [0.1, 0.15) is 0 Å². The van der Waals surface area contributed by atoms with E-state index in [2.05, 4.69) is 31.1 Å². The van der Waals surface area contributed by atoms with Gasteiger partial charge in [-0.25, -0.2) is 0 Å². The molecule has 0 spiro atoms. The molecule has 2 nitrogen and oxygen atoms in total. The maximum absolute atomic E-state index is 3.92. The summed E-state index contributed by atoms with van der Waals surface area (Å²) in [6.45, 7) is 5.83. The maximum atomic E-state index is 3.92. The normalized spacial score (nSPS) is 42.1. The topological polar surface area (TPSA) is 15.3 Å². The van der Waals surface area contributed by atoms with Crippen molar-refractivity contribution < 1.29 is 0 Å². The van der Waals surface area contributed by atoms with E-state index in [9.17, 15) is 0 Å². The van der Waals surface area contributed by atoms with E-state index in [4.69, 9.17) is 0 Å². The Morgan fingerprint density at radius 2 is 1.52 bits per heavy atom.